The number of nitrogens with zero attached hydrogens (tertiary/aromatic N) is 1. The van der Waals surface area contributed by atoms with Gasteiger partial charge in [0.2, 0.25) is 0 Å². The highest BCUT2D eigenvalue weighted by atomic mass is 79.9. The Kier molecular flexibility index (Phi) is 3.93. The monoisotopic (exact) mass is 386 g/mol. The summed E-state index contributed by atoms with van der Waals surface area (Å²) >= 11 is 7.36. The van der Waals surface area contributed by atoms with Gasteiger partial charge < -0.3 is 10.2 Å². The molecule has 3 rings (SSSR count). The molecule has 1 aromatic carbocycles. The summed E-state index contributed by atoms with van der Waals surface area (Å²) in [5.41, 5.74) is 2.48. The zero-order chi connectivity index (χ0) is 13.6. The Morgan fingerprint density at radius 2 is 1.63 bits per heavy atom. The fourth-order valence-electron chi connectivity index (χ4n) is 3.57. The van der Waals surface area contributed by atoms with Gasteiger partial charge in [-0.3, -0.25) is 0 Å². The fourth-order valence-corrected chi connectivity index (χ4v) is 5.22. The smallest absolute Gasteiger partial charge is 0.0631 e. The molecule has 0 aliphatic carbocycles. The van der Waals surface area contributed by atoms with E-state index in [9.17, 15) is 0 Å². The molecule has 1 N–H and O–H groups in total. The quantitative estimate of drug-likeness (QED) is 0.800. The van der Waals surface area contributed by atoms with Crippen molar-refractivity contribution in [3.8, 4) is 0 Å². The van der Waals surface area contributed by atoms with E-state index in [4.69, 9.17) is 0 Å². The first-order valence-corrected chi connectivity index (χ1v) is 8.57. The summed E-state index contributed by atoms with van der Waals surface area (Å²) in [6.45, 7) is 2.12. The molecule has 2 saturated heterocycles. The van der Waals surface area contributed by atoms with Crippen molar-refractivity contribution in [2.24, 2.45) is 0 Å². The van der Waals surface area contributed by atoms with Crippen LogP contribution in [0.5, 0.6) is 0 Å². The summed E-state index contributed by atoms with van der Waals surface area (Å²) in [5, 5.41) is 3.75. The molecule has 2 atom stereocenters. The first-order valence-electron chi connectivity index (χ1n) is 6.98. The Morgan fingerprint density at radius 3 is 2.16 bits per heavy atom. The van der Waals surface area contributed by atoms with Crippen molar-refractivity contribution in [3.05, 3.63) is 26.6 Å². The van der Waals surface area contributed by atoms with Crippen LogP contribution in [0, 0.1) is 6.92 Å². The highest BCUT2D eigenvalue weighted by Crippen LogP contribution is 2.38. The standard InChI is InChI=1S/C15H20Br2N2/c1-9-5-13(16)15(14(17)6-9)18-10-7-11-3-4-12(8-10)19(11)2/h5-6,10-12,18H,3-4,7-8H2,1-2H3. The van der Waals surface area contributed by atoms with Gasteiger partial charge in [0.25, 0.3) is 0 Å². The average Bonchev–Trinajstić information content (AvgIpc) is 2.58. The Morgan fingerprint density at radius 1 is 1.11 bits per heavy atom. The van der Waals surface area contributed by atoms with E-state index in [1.165, 1.54) is 36.9 Å². The van der Waals surface area contributed by atoms with E-state index in [1.54, 1.807) is 0 Å². The molecule has 0 spiro atoms. The lowest BCUT2D eigenvalue weighted by Crippen LogP contribution is -2.44. The molecule has 2 aliphatic rings. The van der Waals surface area contributed by atoms with Crippen LogP contribution in [0.3, 0.4) is 0 Å². The first kappa shape index (κ1) is 13.9. The van der Waals surface area contributed by atoms with Gasteiger partial charge in [-0.2, -0.15) is 0 Å². The van der Waals surface area contributed by atoms with Crippen molar-refractivity contribution < 1.29 is 0 Å². The van der Waals surface area contributed by atoms with Crippen LogP contribution in [0.4, 0.5) is 5.69 Å². The molecule has 104 valence electrons. The van der Waals surface area contributed by atoms with Gasteiger partial charge >= 0.3 is 0 Å². The van der Waals surface area contributed by atoms with Crippen LogP contribution >= 0.6 is 31.9 Å². The van der Waals surface area contributed by atoms with Crippen LogP contribution in [-0.4, -0.2) is 30.1 Å². The molecule has 0 saturated carbocycles. The number of piperidine rings is 1. The van der Waals surface area contributed by atoms with Crippen LogP contribution in [0.1, 0.15) is 31.2 Å². The van der Waals surface area contributed by atoms with Gasteiger partial charge in [0.15, 0.2) is 0 Å². The number of hydrogen-bond acceptors (Lipinski definition) is 2. The SMILES string of the molecule is Cc1cc(Br)c(NC2CC3CCC(C2)N3C)c(Br)c1. The summed E-state index contributed by atoms with van der Waals surface area (Å²) in [6.07, 6.45) is 5.27. The molecule has 4 heteroatoms. The van der Waals surface area contributed by atoms with E-state index < -0.39 is 0 Å². The second-order valence-electron chi connectivity index (χ2n) is 5.97. The summed E-state index contributed by atoms with van der Waals surface area (Å²) < 4.78 is 2.32. The molecule has 0 amide bonds. The van der Waals surface area contributed by atoms with Gasteiger partial charge in [-0.05, 0) is 89.2 Å². The normalized spacial score (nSPS) is 30.6. The molecular weight excluding hydrogens is 368 g/mol. The topological polar surface area (TPSA) is 15.3 Å². The van der Waals surface area contributed by atoms with Gasteiger partial charge in [0.05, 0.1) is 5.69 Å². The van der Waals surface area contributed by atoms with Crippen molar-refractivity contribution in [2.75, 3.05) is 12.4 Å². The second kappa shape index (κ2) is 5.38. The summed E-state index contributed by atoms with van der Waals surface area (Å²) in [6, 6.07) is 6.51. The van der Waals surface area contributed by atoms with E-state index in [0.29, 0.717) is 6.04 Å². The molecule has 0 aromatic heterocycles. The van der Waals surface area contributed by atoms with Crippen molar-refractivity contribution in [2.45, 2.75) is 50.7 Å². The highest BCUT2D eigenvalue weighted by molar-refractivity contribution is 9.11. The molecule has 2 fully saturated rings. The lowest BCUT2D eigenvalue weighted by Gasteiger charge is -2.37. The van der Waals surface area contributed by atoms with Crippen molar-refractivity contribution >= 4 is 37.5 Å². The van der Waals surface area contributed by atoms with Gasteiger partial charge in [-0.15, -0.1) is 0 Å². The molecule has 1 aromatic rings. The minimum Gasteiger partial charge on any atom is -0.380 e. The zero-order valence-corrected chi connectivity index (χ0v) is 14.6. The third kappa shape index (κ3) is 2.72. The lowest BCUT2D eigenvalue weighted by atomic mass is 9.97. The maximum atomic E-state index is 3.75. The summed E-state index contributed by atoms with van der Waals surface area (Å²) in [4.78, 5) is 2.58. The van der Waals surface area contributed by atoms with E-state index in [0.717, 1.165) is 21.0 Å². The van der Waals surface area contributed by atoms with Gasteiger partial charge in [-0.1, -0.05) is 0 Å². The largest absolute Gasteiger partial charge is 0.380 e. The Bertz CT molecular complexity index is 452. The number of fused-ring (bicyclic) bond motifs is 2. The zero-order valence-electron chi connectivity index (χ0n) is 11.4. The van der Waals surface area contributed by atoms with Crippen LogP contribution in [0.2, 0.25) is 0 Å². The predicted octanol–water partition coefficient (Wildman–Crippen LogP) is 4.56. The molecule has 2 unspecified atom stereocenters. The summed E-state index contributed by atoms with van der Waals surface area (Å²) in [7, 11) is 2.29. The molecule has 2 nitrogen and oxygen atoms in total. The average molecular weight is 388 g/mol. The molecular formula is C15H20Br2N2. The minimum absolute atomic E-state index is 0.601. The molecule has 2 bridgehead atoms. The van der Waals surface area contributed by atoms with Gasteiger partial charge in [0.1, 0.15) is 0 Å². The number of anilines is 1. The maximum Gasteiger partial charge on any atom is 0.0631 e. The molecule has 19 heavy (non-hydrogen) atoms. The first-order chi connectivity index (χ1) is 9.04. The van der Waals surface area contributed by atoms with Crippen molar-refractivity contribution in [1.82, 2.24) is 4.90 Å². The second-order valence-corrected chi connectivity index (χ2v) is 7.68. The van der Waals surface area contributed by atoms with Crippen LogP contribution < -0.4 is 5.32 Å². The van der Waals surface area contributed by atoms with E-state index in [-0.39, 0.29) is 0 Å². The van der Waals surface area contributed by atoms with E-state index in [2.05, 4.69) is 68.2 Å². The summed E-state index contributed by atoms with van der Waals surface area (Å²) in [5.74, 6) is 0. The van der Waals surface area contributed by atoms with Gasteiger partial charge in [-0.25, -0.2) is 0 Å². The van der Waals surface area contributed by atoms with Crippen molar-refractivity contribution in [1.29, 1.82) is 0 Å². The Labute approximate surface area is 132 Å². The number of benzene rings is 1. The minimum atomic E-state index is 0.601. The third-order valence-electron chi connectivity index (χ3n) is 4.63. The molecule has 2 aliphatic heterocycles. The van der Waals surface area contributed by atoms with Crippen LogP contribution in [0.15, 0.2) is 21.1 Å². The lowest BCUT2D eigenvalue weighted by molar-refractivity contribution is 0.169. The van der Waals surface area contributed by atoms with Gasteiger partial charge in [0, 0.05) is 27.1 Å². The van der Waals surface area contributed by atoms with E-state index >= 15 is 0 Å². The van der Waals surface area contributed by atoms with Crippen LogP contribution in [0.25, 0.3) is 0 Å². The fraction of sp³-hybridized carbons (Fsp3) is 0.600. The van der Waals surface area contributed by atoms with E-state index in [1.807, 2.05) is 0 Å². The number of halogens is 2. The molecule has 0 radical (unpaired) electrons. The maximum absolute atomic E-state index is 3.75. The van der Waals surface area contributed by atoms with Crippen molar-refractivity contribution in [3.63, 3.8) is 0 Å². The number of rotatable bonds is 2. The molecule has 2 heterocycles. The highest BCUT2D eigenvalue weighted by Gasteiger charge is 2.38. The van der Waals surface area contributed by atoms with Crippen LogP contribution in [-0.2, 0) is 0 Å². The Hall–Kier alpha value is -0.0600. The number of hydrogen-bond donors (Lipinski definition) is 1. The predicted molar refractivity (Wildman–Crippen MR) is 87.8 cm³/mol. The number of nitrogens with one attached hydrogen (secondary N) is 1. The number of aryl methyl sites for hydroxylation is 1. The third-order valence-corrected chi connectivity index (χ3v) is 5.88. The Balaban J connectivity index is 1.76.